The molecule has 0 radical (unpaired) electrons. The van der Waals surface area contributed by atoms with Gasteiger partial charge in [-0.05, 0) is 17.2 Å². The van der Waals surface area contributed by atoms with Crippen LogP contribution < -0.4 is 5.32 Å². The predicted octanol–water partition coefficient (Wildman–Crippen LogP) is 3.00. The smallest absolute Gasteiger partial charge is 0.318 e. The van der Waals surface area contributed by atoms with Crippen LogP contribution in [0, 0.1) is 0 Å². The van der Waals surface area contributed by atoms with Crippen molar-refractivity contribution < 1.29 is 4.79 Å². The van der Waals surface area contributed by atoms with Gasteiger partial charge in [-0.3, -0.25) is 9.58 Å². The Morgan fingerprint density at radius 2 is 1.48 bits per heavy atom. The molecule has 1 N–H and O–H groups in total. The second-order valence-corrected chi connectivity index (χ2v) is 7.30. The van der Waals surface area contributed by atoms with Gasteiger partial charge in [0.2, 0.25) is 0 Å². The highest BCUT2D eigenvalue weighted by atomic mass is 16.2. The van der Waals surface area contributed by atoms with Gasteiger partial charge in [0.05, 0.1) is 12.6 Å². The van der Waals surface area contributed by atoms with Crippen LogP contribution in [0.15, 0.2) is 79.1 Å². The van der Waals surface area contributed by atoms with E-state index in [4.69, 9.17) is 0 Å². The Labute approximate surface area is 171 Å². The number of nitrogens with zero attached hydrogens (tertiary/aromatic N) is 4. The van der Waals surface area contributed by atoms with E-state index in [1.807, 2.05) is 58.2 Å². The van der Waals surface area contributed by atoms with Crippen LogP contribution in [0.2, 0.25) is 0 Å². The number of hydrogen-bond donors (Lipinski definition) is 1. The molecule has 0 bridgehead atoms. The van der Waals surface area contributed by atoms with Gasteiger partial charge in [-0.15, -0.1) is 0 Å². The molecule has 3 aromatic rings. The normalized spacial score (nSPS) is 14.9. The fraction of sp³-hybridized carbons (Fsp3) is 0.304. The maximum atomic E-state index is 13.0. The molecule has 150 valence electrons. The van der Waals surface area contributed by atoms with E-state index in [1.54, 1.807) is 6.20 Å². The van der Waals surface area contributed by atoms with Gasteiger partial charge < -0.3 is 10.2 Å². The Balaban J connectivity index is 1.35. The van der Waals surface area contributed by atoms with Crippen molar-refractivity contribution in [3.05, 3.63) is 90.3 Å². The van der Waals surface area contributed by atoms with E-state index in [2.05, 4.69) is 39.6 Å². The average molecular weight is 390 g/mol. The summed E-state index contributed by atoms with van der Waals surface area (Å²) in [5, 5.41) is 7.49. The lowest BCUT2D eigenvalue weighted by molar-refractivity contribution is 0.134. The lowest BCUT2D eigenvalue weighted by atomic mass is 9.99. The summed E-state index contributed by atoms with van der Waals surface area (Å²) in [6.45, 7) is 5.08. The number of aromatic nitrogens is 2. The zero-order valence-corrected chi connectivity index (χ0v) is 16.5. The molecule has 2 amide bonds. The van der Waals surface area contributed by atoms with Gasteiger partial charge in [-0.1, -0.05) is 60.7 Å². The number of carbonyl (C=O) groups excluding carboxylic acids is 1. The summed E-state index contributed by atoms with van der Waals surface area (Å²) in [7, 11) is 0. The number of nitrogens with one attached hydrogen (secondary N) is 1. The van der Waals surface area contributed by atoms with E-state index in [0.717, 1.165) is 50.4 Å². The van der Waals surface area contributed by atoms with Gasteiger partial charge in [0.15, 0.2) is 0 Å². The summed E-state index contributed by atoms with van der Waals surface area (Å²) in [5.41, 5.74) is 2.18. The van der Waals surface area contributed by atoms with E-state index in [0.29, 0.717) is 0 Å². The molecule has 2 heterocycles. The summed E-state index contributed by atoms with van der Waals surface area (Å²) in [6.07, 6.45) is 3.79. The van der Waals surface area contributed by atoms with E-state index in [9.17, 15) is 4.79 Å². The number of carbonyl (C=O) groups is 1. The van der Waals surface area contributed by atoms with E-state index in [1.165, 1.54) is 0 Å². The fourth-order valence-electron chi connectivity index (χ4n) is 3.72. The first-order valence-electron chi connectivity index (χ1n) is 10.1. The van der Waals surface area contributed by atoms with Crippen LogP contribution in [0.3, 0.4) is 0 Å². The lowest BCUT2D eigenvalue weighted by Crippen LogP contribution is -2.52. The van der Waals surface area contributed by atoms with E-state index < -0.39 is 0 Å². The molecular weight excluding hydrogens is 362 g/mol. The van der Waals surface area contributed by atoms with Crippen LogP contribution in [0.5, 0.6) is 0 Å². The minimum absolute atomic E-state index is 0.00516. The third-order valence-corrected chi connectivity index (χ3v) is 5.40. The molecule has 0 atom stereocenters. The van der Waals surface area contributed by atoms with E-state index >= 15 is 0 Å². The minimum Gasteiger partial charge on any atom is -0.327 e. The first kappa shape index (κ1) is 19.2. The zero-order valence-electron chi connectivity index (χ0n) is 16.5. The fourth-order valence-corrected chi connectivity index (χ4v) is 3.72. The molecule has 6 nitrogen and oxygen atoms in total. The summed E-state index contributed by atoms with van der Waals surface area (Å²) >= 11 is 0. The molecule has 1 aliphatic rings. The van der Waals surface area contributed by atoms with Crippen molar-refractivity contribution >= 4 is 6.03 Å². The first-order valence-corrected chi connectivity index (χ1v) is 10.1. The number of urea groups is 1. The molecule has 1 saturated heterocycles. The summed E-state index contributed by atoms with van der Waals surface area (Å²) in [5.74, 6) is 0. The quantitative estimate of drug-likeness (QED) is 0.705. The largest absolute Gasteiger partial charge is 0.327 e. The van der Waals surface area contributed by atoms with Gasteiger partial charge in [-0.25, -0.2) is 4.79 Å². The van der Waals surface area contributed by atoms with Crippen molar-refractivity contribution in [3.8, 4) is 0 Å². The molecule has 1 fully saturated rings. The summed E-state index contributed by atoms with van der Waals surface area (Å²) < 4.78 is 1.95. The van der Waals surface area contributed by atoms with E-state index in [-0.39, 0.29) is 12.1 Å². The summed E-state index contributed by atoms with van der Waals surface area (Å²) in [4.78, 5) is 17.3. The van der Waals surface area contributed by atoms with Crippen molar-refractivity contribution in [2.24, 2.45) is 0 Å². The highest BCUT2D eigenvalue weighted by Crippen LogP contribution is 2.22. The standard InChI is InChI=1S/C23H27N5O/c29-23(27-17-14-26(15-18-27)16-19-28-13-7-12-24-28)25-22(20-8-3-1-4-9-20)21-10-5-2-6-11-21/h1-13,22H,14-19H2,(H,25,29). The van der Waals surface area contributed by atoms with Crippen LogP contribution in [-0.2, 0) is 6.54 Å². The van der Waals surface area contributed by atoms with Crippen LogP contribution in [0.25, 0.3) is 0 Å². The van der Waals surface area contributed by atoms with Crippen LogP contribution in [0.1, 0.15) is 17.2 Å². The summed E-state index contributed by atoms with van der Waals surface area (Å²) in [6, 6.07) is 22.1. The number of benzene rings is 2. The van der Waals surface area contributed by atoms with Crippen molar-refractivity contribution in [2.75, 3.05) is 32.7 Å². The molecule has 29 heavy (non-hydrogen) atoms. The molecule has 6 heteroatoms. The Kier molecular flexibility index (Phi) is 6.22. The number of piperazine rings is 1. The number of hydrogen-bond acceptors (Lipinski definition) is 3. The van der Waals surface area contributed by atoms with Gasteiger partial charge in [-0.2, -0.15) is 5.10 Å². The maximum absolute atomic E-state index is 13.0. The van der Waals surface area contributed by atoms with Gasteiger partial charge in [0.25, 0.3) is 0 Å². The highest BCUT2D eigenvalue weighted by molar-refractivity contribution is 5.75. The van der Waals surface area contributed by atoms with Gasteiger partial charge in [0, 0.05) is 45.1 Å². The Morgan fingerprint density at radius 1 is 0.862 bits per heavy atom. The molecule has 1 aromatic heterocycles. The van der Waals surface area contributed by atoms with Gasteiger partial charge in [0.1, 0.15) is 0 Å². The topological polar surface area (TPSA) is 53.4 Å². The van der Waals surface area contributed by atoms with Crippen molar-refractivity contribution in [3.63, 3.8) is 0 Å². The third kappa shape index (κ3) is 5.03. The van der Waals surface area contributed by atoms with Crippen molar-refractivity contribution in [1.82, 2.24) is 24.9 Å². The van der Waals surface area contributed by atoms with Crippen molar-refractivity contribution in [1.29, 1.82) is 0 Å². The monoisotopic (exact) mass is 389 g/mol. The number of rotatable bonds is 6. The molecule has 0 saturated carbocycles. The zero-order chi connectivity index (χ0) is 19.9. The molecule has 0 spiro atoms. The minimum atomic E-state index is -0.150. The van der Waals surface area contributed by atoms with Crippen LogP contribution >= 0.6 is 0 Å². The predicted molar refractivity (Wildman–Crippen MR) is 113 cm³/mol. The molecule has 0 aliphatic carbocycles. The second-order valence-electron chi connectivity index (χ2n) is 7.30. The lowest BCUT2D eigenvalue weighted by Gasteiger charge is -2.35. The van der Waals surface area contributed by atoms with Crippen LogP contribution in [0.4, 0.5) is 4.79 Å². The highest BCUT2D eigenvalue weighted by Gasteiger charge is 2.24. The average Bonchev–Trinajstić information content (AvgIpc) is 3.31. The number of amides is 2. The first-order chi connectivity index (χ1) is 14.3. The van der Waals surface area contributed by atoms with Gasteiger partial charge >= 0.3 is 6.03 Å². The second kappa shape index (κ2) is 9.39. The molecular formula is C23H27N5O. The maximum Gasteiger partial charge on any atom is 0.318 e. The Morgan fingerprint density at radius 3 is 2.03 bits per heavy atom. The Hall–Kier alpha value is -3.12. The molecule has 4 rings (SSSR count). The SMILES string of the molecule is O=C(NC(c1ccccc1)c1ccccc1)N1CCN(CCn2cccn2)CC1. The molecule has 2 aromatic carbocycles. The van der Waals surface area contributed by atoms with Crippen molar-refractivity contribution in [2.45, 2.75) is 12.6 Å². The molecule has 1 aliphatic heterocycles. The third-order valence-electron chi connectivity index (χ3n) is 5.40. The Bertz CT molecular complexity index is 835. The molecule has 0 unspecified atom stereocenters. The van der Waals surface area contributed by atoms with Crippen LogP contribution in [-0.4, -0.2) is 58.3 Å².